The molecule has 0 unspecified atom stereocenters. The molecule has 0 amide bonds. The van der Waals surface area contributed by atoms with E-state index < -0.39 is 11.5 Å². The van der Waals surface area contributed by atoms with Crippen molar-refractivity contribution in [2.75, 3.05) is 0 Å². The van der Waals surface area contributed by atoms with Crippen molar-refractivity contribution in [1.82, 2.24) is 0 Å². The molecule has 1 rings (SSSR count). The summed E-state index contributed by atoms with van der Waals surface area (Å²) in [6, 6.07) is 1.97. The molecule has 1 heterocycles. The summed E-state index contributed by atoms with van der Waals surface area (Å²) < 4.78 is 5.09. The van der Waals surface area contributed by atoms with Crippen LogP contribution in [0.15, 0.2) is 0 Å². The lowest BCUT2D eigenvalue weighted by Gasteiger charge is -2.35. The van der Waals surface area contributed by atoms with E-state index in [1.165, 1.54) is 0 Å². The highest BCUT2D eigenvalue weighted by atomic mass is 16.6. The van der Waals surface area contributed by atoms with Crippen LogP contribution in [0.2, 0.25) is 0 Å². The molecule has 1 aliphatic rings. The zero-order chi connectivity index (χ0) is 9.35. The lowest BCUT2D eigenvalue weighted by molar-refractivity contribution is -0.171. The Morgan fingerprint density at radius 1 is 1.67 bits per heavy atom. The molecule has 0 bridgehead atoms. The Hall–Kier alpha value is -1.04. The fraction of sp³-hybridized carbons (Fsp3) is 0.778. The standard InChI is InChI=1S/C9H13NO2/c1-6-4-9(2,3)12-8(11)7(6)5-10/h6-7H,4H2,1-3H3/t6-,7+/m0/s1. The maximum absolute atomic E-state index is 11.2. The molecule has 1 saturated heterocycles. The number of nitrogens with zero attached hydrogens (tertiary/aromatic N) is 1. The van der Waals surface area contributed by atoms with E-state index in [2.05, 4.69) is 0 Å². The molecule has 66 valence electrons. The SMILES string of the molecule is C[C@H]1CC(C)(C)OC(=O)[C@@H]1C#N. The third-order valence-corrected chi connectivity index (χ3v) is 2.15. The summed E-state index contributed by atoms with van der Waals surface area (Å²) in [5.74, 6) is -0.842. The molecule has 12 heavy (non-hydrogen) atoms. The van der Waals surface area contributed by atoms with Gasteiger partial charge < -0.3 is 4.74 Å². The van der Waals surface area contributed by atoms with Crippen molar-refractivity contribution in [1.29, 1.82) is 5.26 Å². The van der Waals surface area contributed by atoms with Gasteiger partial charge in [-0.25, -0.2) is 0 Å². The van der Waals surface area contributed by atoms with Crippen molar-refractivity contribution in [3.05, 3.63) is 0 Å². The zero-order valence-electron chi connectivity index (χ0n) is 7.63. The molecular formula is C9H13NO2. The van der Waals surface area contributed by atoms with Crippen molar-refractivity contribution >= 4 is 5.97 Å². The third kappa shape index (κ3) is 1.58. The van der Waals surface area contributed by atoms with Gasteiger partial charge in [0.15, 0.2) is 0 Å². The average molecular weight is 167 g/mol. The number of hydrogen-bond donors (Lipinski definition) is 0. The van der Waals surface area contributed by atoms with Crippen LogP contribution in [-0.2, 0) is 9.53 Å². The van der Waals surface area contributed by atoms with Gasteiger partial charge >= 0.3 is 5.97 Å². The van der Waals surface area contributed by atoms with Gasteiger partial charge in [-0.3, -0.25) is 4.79 Å². The minimum Gasteiger partial charge on any atom is -0.459 e. The summed E-state index contributed by atoms with van der Waals surface area (Å²) >= 11 is 0. The van der Waals surface area contributed by atoms with Crippen LogP contribution in [0.5, 0.6) is 0 Å². The molecule has 1 fully saturated rings. The molecule has 0 radical (unpaired) electrons. The van der Waals surface area contributed by atoms with Gasteiger partial charge in [-0.15, -0.1) is 0 Å². The zero-order valence-corrected chi connectivity index (χ0v) is 7.63. The molecule has 0 spiro atoms. The Morgan fingerprint density at radius 3 is 2.67 bits per heavy atom. The number of esters is 1. The summed E-state index contributed by atoms with van der Waals surface area (Å²) in [4.78, 5) is 11.2. The molecule has 3 heteroatoms. The van der Waals surface area contributed by atoms with Gasteiger partial charge in [-0.05, 0) is 26.2 Å². The topological polar surface area (TPSA) is 50.1 Å². The number of ether oxygens (including phenoxy) is 1. The quantitative estimate of drug-likeness (QED) is 0.513. The first-order valence-corrected chi connectivity index (χ1v) is 4.09. The van der Waals surface area contributed by atoms with E-state index in [0.29, 0.717) is 0 Å². The van der Waals surface area contributed by atoms with E-state index in [1.807, 2.05) is 26.8 Å². The second-order valence-electron chi connectivity index (χ2n) is 3.97. The maximum Gasteiger partial charge on any atom is 0.324 e. The van der Waals surface area contributed by atoms with E-state index in [4.69, 9.17) is 10.00 Å². The lowest BCUT2D eigenvalue weighted by atomic mass is 9.83. The fourth-order valence-corrected chi connectivity index (χ4v) is 1.68. The normalized spacial score (nSPS) is 33.7. The third-order valence-electron chi connectivity index (χ3n) is 2.15. The Kier molecular flexibility index (Phi) is 2.10. The second kappa shape index (κ2) is 2.78. The first-order valence-electron chi connectivity index (χ1n) is 4.09. The molecule has 0 N–H and O–H groups in total. The molecule has 3 nitrogen and oxygen atoms in total. The van der Waals surface area contributed by atoms with Gasteiger partial charge in [-0.1, -0.05) is 6.92 Å². The lowest BCUT2D eigenvalue weighted by Crippen LogP contribution is -2.41. The van der Waals surface area contributed by atoms with Crippen molar-refractivity contribution < 1.29 is 9.53 Å². The second-order valence-corrected chi connectivity index (χ2v) is 3.97. The highest BCUT2D eigenvalue weighted by Crippen LogP contribution is 2.32. The monoisotopic (exact) mass is 167 g/mol. The molecule has 0 aromatic carbocycles. The van der Waals surface area contributed by atoms with E-state index in [0.717, 1.165) is 6.42 Å². The van der Waals surface area contributed by atoms with Crippen LogP contribution >= 0.6 is 0 Å². The van der Waals surface area contributed by atoms with E-state index in [-0.39, 0.29) is 11.9 Å². The molecule has 0 aliphatic carbocycles. The summed E-state index contributed by atoms with van der Waals surface area (Å²) in [6.45, 7) is 5.65. The number of cyclic esters (lactones) is 1. The molecule has 2 atom stereocenters. The van der Waals surface area contributed by atoms with Gasteiger partial charge in [-0.2, -0.15) is 5.26 Å². The highest BCUT2D eigenvalue weighted by Gasteiger charge is 2.40. The molecule has 0 saturated carbocycles. The van der Waals surface area contributed by atoms with Gasteiger partial charge in [0.25, 0.3) is 0 Å². The smallest absolute Gasteiger partial charge is 0.324 e. The predicted molar refractivity (Wildman–Crippen MR) is 43.1 cm³/mol. The van der Waals surface area contributed by atoms with Gasteiger partial charge in [0, 0.05) is 0 Å². The minimum absolute atomic E-state index is 0.103. The van der Waals surface area contributed by atoms with Crippen LogP contribution in [0.1, 0.15) is 27.2 Å². The van der Waals surface area contributed by atoms with Crippen molar-refractivity contribution in [3.8, 4) is 6.07 Å². The Bertz CT molecular complexity index is 239. The van der Waals surface area contributed by atoms with Crippen LogP contribution in [-0.4, -0.2) is 11.6 Å². The number of hydrogen-bond acceptors (Lipinski definition) is 3. The van der Waals surface area contributed by atoms with Crippen LogP contribution in [0, 0.1) is 23.2 Å². The number of rotatable bonds is 0. The van der Waals surface area contributed by atoms with E-state index >= 15 is 0 Å². The molecule has 0 aromatic heterocycles. The van der Waals surface area contributed by atoms with Crippen LogP contribution < -0.4 is 0 Å². The number of carbonyl (C=O) groups is 1. The molecule has 0 aromatic rings. The van der Waals surface area contributed by atoms with E-state index in [1.54, 1.807) is 0 Å². The predicted octanol–water partition coefficient (Wildman–Crippen LogP) is 1.49. The first kappa shape index (κ1) is 9.05. The fourth-order valence-electron chi connectivity index (χ4n) is 1.68. The van der Waals surface area contributed by atoms with Crippen molar-refractivity contribution in [2.24, 2.45) is 11.8 Å². The summed E-state index contributed by atoms with van der Waals surface area (Å²) in [5, 5.41) is 8.65. The first-order chi connectivity index (χ1) is 5.46. The molecule has 1 aliphatic heterocycles. The maximum atomic E-state index is 11.2. The van der Waals surface area contributed by atoms with Crippen LogP contribution in [0.25, 0.3) is 0 Å². The summed E-state index contributed by atoms with van der Waals surface area (Å²) in [7, 11) is 0. The minimum atomic E-state index is -0.571. The largest absolute Gasteiger partial charge is 0.459 e. The average Bonchev–Trinajstić information content (AvgIpc) is 1.82. The summed E-state index contributed by atoms with van der Waals surface area (Å²) in [5.41, 5.74) is -0.399. The molecular weight excluding hydrogens is 154 g/mol. The van der Waals surface area contributed by atoms with Gasteiger partial charge in [0.2, 0.25) is 0 Å². The Labute approximate surface area is 72.3 Å². The van der Waals surface area contributed by atoms with Gasteiger partial charge in [0.05, 0.1) is 6.07 Å². The van der Waals surface area contributed by atoms with Gasteiger partial charge in [0.1, 0.15) is 11.5 Å². The van der Waals surface area contributed by atoms with E-state index in [9.17, 15) is 4.79 Å². The van der Waals surface area contributed by atoms with Crippen molar-refractivity contribution in [2.45, 2.75) is 32.8 Å². The number of carbonyl (C=O) groups excluding carboxylic acids is 1. The Morgan fingerprint density at radius 2 is 2.25 bits per heavy atom. The van der Waals surface area contributed by atoms with Crippen molar-refractivity contribution in [3.63, 3.8) is 0 Å². The summed E-state index contributed by atoms with van der Waals surface area (Å²) in [6.07, 6.45) is 0.761. The van der Waals surface area contributed by atoms with Crippen LogP contribution in [0.4, 0.5) is 0 Å². The number of nitriles is 1. The highest BCUT2D eigenvalue weighted by molar-refractivity contribution is 5.76. The Balaban J connectivity index is 2.79. The van der Waals surface area contributed by atoms with Crippen LogP contribution in [0.3, 0.4) is 0 Å².